The van der Waals surface area contributed by atoms with E-state index in [1.165, 1.54) is 38.9 Å². The molecule has 0 saturated heterocycles. The third kappa shape index (κ3) is 5.57. The van der Waals surface area contributed by atoms with E-state index in [4.69, 9.17) is 28.9 Å². The van der Waals surface area contributed by atoms with Crippen LogP contribution in [0.1, 0.15) is 129 Å². The Bertz CT molecular complexity index is 1060. The molecule has 0 aliphatic carbocycles. The number of hydrogen-bond acceptors (Lipinski definition) is 1. The van der Waals surface area contributed by atoms with E-state index in [9.17, 15) is 0 Å². The quantitative estimate of drug-likeness (QED) is 0.248. The second-order valence-corrected chi connectivity index (χ2v) is 11.9. The van der Waals surface area contributed by atoms with Gasteiger partial charge in [0, 0.05) is 27.2 Å². The van der Waals surface area contributed by atoms with Gasteiger partial charge >= 0.3 is 0 Å². The van der Waals surface area contributed by atoms with Crippen molar-refractivity contribution < 1.29 is 0 Å². The van der Waals surface area contributed by atoms with Crippen LogP contribution in [0.25, 0.3) is 0 Å². The molecule has 3 aromatic rings. The predicted octanol–water partition coefficient (Wildman–Crippen LogP) is 10.6. The molecule has 2 N–H and O–H groups in total. The van der Waals surface area contributed by atoms with Crippen molar-refractivity contribution in [3.05, 3.63) is 97.0 Å². The van der Waals surface area contributed by atoms with Crippen LogP contribution in [0.15, 0.2) is 42.5 Å². The SMILES string of the molecule is Cc1c(C(C)C)cc(C(c2cc(C(C)C)c(N)c(C(C)C)c2)c2c(Cl)cccc2Cl)cc1C(C)C. The summed E-state index contributed by atoms with van der Waals surface area (Å²) in [7, 11) is 0. The van der Waals surface area contributed by atoms with Crippen molar-refractivity contribution in [1.82, 2.24) is 0 Å². The Morgan fingerprint density at radius 2 is 0.943 bits per heavy atom. The average Bonchev–Trinajstić information content (AvgIpc) is 2.76. The first kappa shape index (κ1) is 27.6. The molecule has 0 heterocycles. The molecule has 188 valence electrons. The first-order valence-electron chi connectivity index (χ1n) is 12.9. The second-order valence-electron chi connectivity index (χ2n) is 11.1. The van der Waals surface area contributed by atoms with Crippen molar-refractivity contribution in [2.45, 2.75) is 91.9 Å². The highest BCUT2D eigenvalue weighted by atomic mass is 35.5. The summed E-state index contributed by atoms with van der Waals surface area (Å²) in [5, 5.41) is 1.38. The van der Waals surface area contributed by atoms with Crippen LogP contribution in [0.2, 0.25) is 10.0 Å². The Hall–Kier alpha value is -1.96. The van der Waals surface area contributed by atoms with Gasteiger partial charge in [0.1, 0.15) is 0 Å². The molecule has 1 atom stereocenters. The summed E-state index contributed by atoms with van der Waals surface area (Å²) in [6, 6.07) is 15.1. The minimum absolute atomic E-state index is 0.0950. The summed E-state index contributed by atoms with van der Waals surface area (Å²) in [5.41, 5.74) is 17.5. The number of rotatable bonds is 7. The Labute approximate surface area is 223 Å². The minimum Gasteiger partial charge on any atom is -0.398 e. The fraction of sp³-hybridized carbons (Fsp3) is 0.438. The van der Waals surface area contributed by atoms with E-state index in [-0.39, 0.29) is 5.92 Å². The lowest BCUT2D eigenvalue weighted by Crippen LogP contribution is -2.12. The van der Waals surface area contributed by atoms with Gasteiger partial charge in [-0.05, 0) is 81.7 Å². The van der Waals surface area contributed by atoms with Crippen LogP contribution in [0.4, 0.5) is 5.69 Å². The van der Waals surface area contributed by atoms with Crippen LogP contribution >= 0.6 is 23.2 Å². The average molecular weight is 511 g/mol. The van der Waals surface area contributed by atoms with Gasteiger partial charge in [0.15, 0.2) is 0 Å². The molecule has 3 rings (SSSR count). The number of benzene rings is 3. The highest BCUT2D eigenvalue weighted by Gasteiger charge is 2.27. The van der Waals surface area contributed by atoms with Gasteiger partial charge in [0.25, 0.3) is 0 Å². The van der Waals surface area contributed by atoms with E-state index in [0.717, 1.165) is 11.3 Å². The van der Waals surface area contributed by atoms with Gasteiger partial charge in [-0.1, -0.05) is 109 Å². The van der Waals surface area contributed by atoms with Crippen LogP contribution in [-0.2, 0) is 0 Å². The summed E-state index contributed by atoms with van der Waals surface area (Å²) in [5.74, 6) is 1.36. The van der Waals surface area contributed by atoms with E-state index >= 15 is 0 Å². The summed E-state index contributed by atoms with van der Waals surface area (Å²) in [4.78, 5) is 0. The molecule has 0 saturated carbocycles. The molecule has 35 heavy (non-hydrogen) atoms. The van der Waals surface area contributed by atoms with Gasteiger partial charge in [0.2, 0.25) is 0 Å². The van der Waals surface area contributed by atoms with Crippen molar-refractivity contribution in [3.63, 3.8) is 0 Å². The van der Waals surface area contributed by atoms with Crippen molar-refractivity contribution >= 4 is 28.9 Å². The summed E-state index contributed by atoms with van der Waals surface area (Å²) >= 11 is 13.8. The maximum Gasteiger partial charge on any atom is 0.0462 e. The zero-order valence-electron chi connectivity index (χ0n) is 22.8. The summed E-state index contributed by atoms with van der Waals surface area (Å²) < 4.78 is 0. The van der Waals surface area contributed by atoms with Crippen molar-refractivity contribution in [2.24, 2.45) is 0 Å². The zero-order valence-corrected chi connectivity index (χ0v) is 24.3. The van der Waals surface area contributed by atoms with Crippen LogP contribution in [0.5, 0.6) is 0 Å². The van der Waals surface area contributed by atoms with Gasteiger partial charge in [0.05, 0.1) is 0 Å². The molecule has 0 amide bonds. The van der Waals surface area contributed by atoms with Gasteiger partial charge in [-0.25, -0.2) is 0 Å². The van der Waals surface area contributed by atoms with Crippen LogP contribution in [-0.4, -0.2) is 0 Å². The van der Waals surface area contributed by atoms with Crippen LogP contribution in [0.3, 0.4) is 0 Å². The Balaban J connectivity index is 2.47. The molecule has 3 heteroatoms. The molecular formula is C32H41Cl2N. The topological polar surface area (TPSA) is 26.0 Å². The molecule has 0 bridgehead atoms. The fourth-order valence-corrected chi connectivity index (χ4v) is 5.92. The Morgan fingerprint density at radius 3 is 1.29 bits per heavy atom. The molecule has 1 nitrogen and oxygen atoms in total. The van der Waals surface area contributed by atoms with E-state index in [0.29, 0.717) is 33.7 Å². The van der Waals surface area contributed by atoms with Gasteiger partial charge in [-0.15, -0.1) is 0 Å². The largest absolute Gasteiger partial charge is 0.398 e. The minimum atomic E-state index is -0.0950. The molecule has 0 spiro atoms. The number of nitrogens with two attached hydrogens (primary N) is 1. The van der Waals surface area contributed by atoms with Crippen LogP contribution < -0.4 is 5.73 Å². The lowest BCUT2D eigenvalue weighted by Gasteiger charge is -2.28. The maximum absolute atomic E-state index is 6.89. The van der Waals surface area contributed by atoms with Crippen LogP contribution in [0, 0.1) is 6.92 Å². The molecule has 1 unspecified atom stereocenters. The van der Waals surface area contributed by atoms with E-state index in [1.54, 1.807) is 0 Å². The monoisotopic (exact) mass is 509 g/mol. The van der Waals surface area contributed by atoms with Gasteiger partial charge in [-0.2, -0.15) is 0 Å². The molecule has 0 radical (unpaired) electrons. The number of nitrogen functional groups attached to an aromatic ring is 1. The molecule has 0 aromatic heterocycles. The van der Waals surface area contributed by atoms with Gasteiger partial charge in [-0.3, -0.25) is 0 Å². The van der Waals surface area contributed by atoms with Crippen molar-refractivity contribution in [1.29, 1.82) is 0 Å². The maximum atomic E-state index is 6.89. The molecule has 0 aliphatic rings. The van der Waals surface area contributed by atoms with E-state index < -0.39 is 0 Å². The van der Waals surface area contributed by atoms with E-state index in [2.05, 4.69) is 86.6 Å². The zero-order chi connectivity index (χ0) is 26.2. The third-order valence-electron chi connectivity index (χ3n) is 7.22. The lowest BCUT2D eigenvalue weighted by atomic mass is 9.78. The normalized spacial score (nSPS) is 12.9. The first-order chi connectivity index (χ1) is 16.3. The van der Waals surface area contributed by atoms with Crippen molar-refractivity contribution in [3.8, 4) is 0 Å². The van der Waals surface area contributed by atoms with Gasteiger partial charge < -0.3 is 5.73 Å². The predicted molar refractivity (Wildman–Crippen MR) is 156 cm³/mol. The smallest absolute Gasteiger partial charge is 0.0462 e. The molecule has 3 aromatic carbocycles. The fourth-order valence-electron chi connectivity index (χ4n) is 5.31. The molecule has 0 aliphatic heterocycles. The first-order valence-corrected chi connectivity index (χ1v) is 13.6. The second kappa shape index (κ2) is 11.0. The lowest BCUT2D eigenvalue weighted by molar-refractivity contribution is 0.802. The van der Waals surface area contributed by atoms with E-state index in [1.807, 2.05) is 18.2 Å². The number of halogens is 2. The molecular weight excluding hydrogens is 469 g/mol. The summed E-state index contributed by atoms with van der Waals surface area (Å²) in [6.45, 7) is 20.1. The Kier molecular flexibility index (Phi) is 8.66. The summed E-state index contributed by atoms with van der Waals surface area (Å²) in [6.07, 6.45) is 0. The number of anilines is 1. The van der Waals surface area contributed by atoms with Crippen molar-refractivity contribution in [2.75, 3.05) is 5.73 Å². The highest BCUT2D eigenvalue weighted by Crippen LogP contribution is 2.45. The number of hydrogen-bond donors (Lipinski definition) is 1. The standard InChI is InChI=1S/C32H41Cl2N/c1-17(2)24-13-22(14-25(18(3)4)21(24)9)30(31-28(33)11-10-12-29(31)34)23-15-26(19(5)6)32(35)27(16-23)20(7)8/h10-20,30H,35H2,1-9H3. The molecule has 0 fully saturated rings. The third-order valence-corrected chi connectivity index (χ3v) is 7.88. The Morgan fingerprint density at radius 1 is 0.600 bits per heavy atom. The highest BCUT2D eigenvalue weighted by molar-refractivity contribution is 6.36.